The quantitative estimate of drug-likeness (QED) is 0.450. The van der Waals surface area contributed by atoms with Crippen LogP contribution in [0.25, 0.3) is 0 Å². The minimum absolute atomic E-state index is 0.418. The molecule has 0 saturated carbocycles. The number of halogens is 7. The first-order chi connectivity index (χ1) is 10.2. The minimum atomic E-state index is -6.53. The van der Waals surface area contributed by atoms with Crippen molar-refractivity contribution in [3.63, 3.8) is 0 Å². The van der Waals surface area contributed by atoms with Gasteiger partial charge in [-0.25, -0.2) is 9.18 Å². The highest BCUT2D eigenvalue weighted by Crippen LogP contribution is 2.38. The van der Waals surface area contributed by atoms with Crippen molar-refractivity contribution >= 4 is 32.0 Å². The summed E-state index contributed by atoms with van der Waals surface area (Å²) < 4.78 is 109. The van der Waals surface area contributed by atoms with Crippen LogP contribution in [0.3, 0.4) is 0 Å². The van der Waals surface area contributed by atoms with Gasteiger partial charge in [-0.1, -0.05) is 0 Å². The van der Waals surface area contributed by atoms with Crippen molar-refractivity contribution in [1.29, 1.82) is 0 Å². The third-order valence-corrected chi connectivity index (χ3v) is 3.88. The number of ether oxygens (including phenoxy) is 1. The third-order valence-electron chi connectivity index (χ3n) is 2.32. The molecule has 1 N–H and O–H groups in total. The lowest BCUT2D eigenvalue weighted by atomic mass is 10.2. The fraction of sp³-hybridized carbons (Fsp3) is 0.300. The van der Waals surface area contributed by atoms with Crippen molar-refractivity contribution in [1.82, 2.24) is 0 Å². The maximum atomic E-state index is 13.2. The van der Waals surface area contributed by atoms with E-state index in [0.717, 1.165) is 0 Å². The van der Waals surface area contributed by atoms with Crippen molar-refractivity contribution in [2.45, 2.75) is 17.5 Å². The molecule has 1 unspecified atom stereocenters. The molecule has 0 radical (unpaired) electrons. The first-order valence-electron chi connectivity index (χ1n) is 5.25. The van der Waals surface area contributed by atoms with Crippen molar-refractivity contribution in [2.24, 2.45) is 0 Å². The fourth-order valence-corrected chi connectivity index (χ4v) is 2.25. The molecule has 0 aliphatic heterocycles. The van der Waals surface area contributed by atoms with Gasteiger partial charge in [0, 0.05) is 4.47 Å². The summed E-state index contributed by atoms with van der Waals surface area (Å²) in [4.78, 5) is 11.5. The van der Waals surface area contributed by atoms with Crippen molar-refractivity contribution < 1.29 is 48.8 Å². The SMILES string of the molecule is O=C(OC(C(F)(F)F)C(F)(F)S(=O)(=O)O)c1ccc(F)cc1Br. The summed E-state index contributed by atoms with van der Waals surface area (Å²) >= 11 is 2.60. The zero-order chi connectivity index (χ0) is 18.2. The summed E-state index contributed by atoms with van der Waals surface area (Å²) in [5.74, 6) is -2.91. The van der Waals surface area contributed by atoms with E-state index in [0.29, 0.717) is 18.2 Å². The summed E-state index contributed by atoms with van der Waals surface area (Å²) in [6.07, 6.45) is -10.5. The van der Waals surface area contributed by atoms with Crippen LogP contribution in [0, 0.1) is 5.82 Å². The van der Waals surface area contributed by atoms with Gasteiger partial charge in [-0.15, -0.1) is 0 Å². The van der Waals surface area contributed by atoms with E-state index in [1.807, 2.05) is 0 Å². The van der Waals surface area contributed by atoms with E-state index >= 15 is 0 Å². The standard InChI is InChI=1S/C10H5BrF6O5S/c11-6-3-4(12)1-2-5(6)7(18)22-8(9(13,14)15)10(16,17)23(19,20)21/h1-3,8H,(H,19,20,21). The average molecular weight is 431 g/mol. The van der Waals surface area contributed by atoms with Gasteiger partial charge in [0.2, 0.25) is 0 Å². The smallest absolute Gasteiger partial charge is 0.432 e. The molecule has 0 aliphatic rings. The van der Waals surface area contributed by atoms with Gasteiger partial charge in [0.15, 0.2) is 0 Å². The van der Waals surface area contributed by atoms with Crippen molar-refractivity contribution in [2.75, 3.05) is 0 Å². The molecule has 13 heteroatoms. The number of hydrogen-bond acceptors (Lipinski definition) is 4. The molecule has 1 atom stereocenters. The van der Waals surface area contributed by atoms with Gasteiger partial charge in [-0.3, -0.25) is 4.55 Å². The Morgan fingerprint density at radius 2 is 1.74 bits per heavy atom. The highest BCUT2D eigenvalue weighted by Gasteiger charge is 2.66. The highest BCUT2D eigenvalue weighted by atomic mass is 79.9. The second-order valence-electron chi connectivity index (χ2n) is 3.99. The molecule has 0 heterocycles. The molecule has 1 aromatic carbocycles. The van der Waals surface area contributed by atoms with Crippen molar-refractivity contribution in [3.05, 3.63) is 34.1 Å². The van der Waals surface area contributed by atoms with Crippen LogP contribution in [0.2, 0.25) is 0 Å². The van der Waals surface area contributed by atoms with Gasteiger partial charge < -0.3 is 4.74 Å². The van der Waals surface area contributed by atoms with E-state index in [9.17, 15) is 39.6 Å². The highest BCUT2D eigenvalue weighted by molar-refractivity contribution is 9.10. The summed E-state index contributed by atoms with van der Waals surface area (Å²) in [6.45, 7) is 0. The molecule has 0 aromatic heterocycles. The van der Waals surface area contributed by atoms with Crippen molar-refractivity contribution in [3.8, 4) is 0 Å². The van der Waals surface area contributed by atoms with Crippen LogP contribution in [-0.4, -0.2) is 36.5 Å². The zero-order valence-corrected chi connectivity index (χ0v) is 12.8. The average Bonchev–Trinajstić information content (AvgIpc) is 2.32. The first kappa shape index (κ1) is 19.7. The number of rotatable bonds is 4. The summed E-state index contributed by atoms with van der Waals surface area (Å²) in [5.41, 5.74) is -0.771. The molecule has 0 saturated heterocycles. The van der Waals surface area contributed by atoms with Crippen LogP contribution >= 0.6 is 15.9 Å². The maximum absolute atomic E-state index is 13.2. The Hall–Kier alpha value is -1.34. The fourth-order valence-electron chi connectivity index (χ4n) is 1.29. The molecule has 0 bridgehead atoms. The van der Waals surface area contributed by atoms with Crippen LogP contribution in [0.15, 0.2) is 22.7 Å². The molecule has 5 nitrogen and oxygen atoms in total. The Balaban J connectivity index is 3.25. The third kappa shape index (κ3) is 4.35. The molecule has 0 amide bonds. The number of carbonyl (C=O) groups is 1. The van der Waals surface area contributed by atoms with E-state index in [1.165, 1.54) is 0 Å². The van der Waals surface area contributed by atoms with E-state index in [4.69, 9.17) is 4.55 Å². The summed E-state index contributed by atoms with van der Waals surface area (Å²) in [6, 6.07) is 1.89. The second-order valence-corrected chi connectivity index (χ2v) is 6.34. The Kier molecular flexibility index (Phi) is 5.38. The molecule has 1 aromatic rings. The van der Waals surface area contributed by atoms with Gasteiger partial charge >= 0.3 is 27.5 Å². The lowest BCUT2D eigenvalue weighted by Crippen LogP contribution is -2.52. The molecule has 0 aliphatic carbocycles. The van der Waals surface area contributed by atoms with E-state index in [2.05, 4.69) is 20.7 Å². The number of esters is 1. The topological polar surface area (TPSA) is 80.7 Å². The lowest BCUT2D eigenvalue weighted by Gasteiger charge is -2.26. The predicted octanol–water partition coefficient (Wildman–Crippen LogP) is 3.16. The van der Waals surface area contributed by atoms with E-state index < -0.39 is 49.5 Å². The molecule has 130 valence electrons. The Labute approximate surface area is 133 Å². The van der Waals surface area contributed by atoms with Crippen LogP contribution in [-0.2, 0) is 14.9 Å². The summed E-state index contributed by atoms with van der Waals surface area (Å²) in [5, 5.41) is -5.84. The van der Waals surface area contributed by atoms with Crippen LogP contribution in [0.5, 0.6) is 0 Å². The summed E-state index contributed by atoms with van der Waals surface area (Å²) in [7, 11) is -6.53. The Bertz CT molecular complexity index is 717. The van der Waals surface area contributed by atoms with Gasteiger partial charge in [0.25, 0.3) is 6.10 Å². The van der Waals surface area contributed by atoms with Gasteiger partial charge in [0.1, 0.15) is 5.82 Å². The maximum Gasteiger partial charge on any atom is 0.432 e. The lowest BCUT2D eigenvalue weighted by molar-refractivity contribution is -0.248. The predicted molar refractivity (Wildman–Crippen MR) is 65.9 cm³/mol. The molecule has 1 rings (SSSR count). The van der Waals surface area contributed by atoms with Crippen LogP contribution in [0.1, 0.15) is 10.4 Å². The molecular weight excluding hydrogens is 426 g/mol. The molecular formula is C10H5BrF6O5S. The number of alkyl halides is 5. The number of carbonyl (C=O) groups excluding carboxylic acids is 1. The molecule has 23 heavy (non-hydrogen) atoms. The first-order valence-corrected chi connectivity index (χ1v) is 7.49. The van der Waals surface area contributed by atoms with Gasteiger partial charge in [0.05, 0.1) is 5.56 Å². The normalized spacial score (nSPS) is 14.4. The van der Waals surface area contributed by atoms with Gasteiger partial charge in [-0.05, 0) is 34.1 Å². The van der Waals surface area contributed by atoms with E-state index in [-0.39, 0.29) is 0 Å². The molecule has 0 spiro atoms. The Morgan fingerprint density at radius 1 is 1.22 bits per heavy atom. The zero-order valence-electron chi connectivity index (χ0n) is 10.4. The van der Waals surface area contributed by atoms with Gasteiger partial charge in [-0.2, -0.15) is 30.4 Å². The largest absolute Gasteiger partial charge is 0.441 e. The number of hydrogen-bond donors (Lipinski definition) is 1. The Morgan fingerprint density at radius 3 is 2.13 bits per heavy atom. The second kappa shape index (κ2) is 6.28. The number of benzene rings is 1. The monoisotopic (exact) mass is 430 g/mol. The molecule has 0 fully saturated rings. The van der Waals surface area contributed by atoms with Crippen LogP contribution in [0.4, 0.5) is 26.3 Å². The van der Waals surface area contributed by atoms with Crippen LogP contribution < -0.4 is 0 Å². The minimum Gasteiger partial charge on any atom is -0.441 e. The van der Waals surface area contributed by atoms with E-state index in [1.54, 1.807) is 0 Å².